The van der Waals surface area contributed by atoms with E-state index in [-0.39, 0.29) is 12.5 Å². The molecule has 0 spiro atoms. The highest BCUT2D eigenvalue weighted by atomic mass is 16.5. The first-order valence-corrected chi connectivity index (χ1v) is 9.84. The maximum atomic E-state index is 11.9. The maximum absolute atomic E-state index is 11.9. The summed E-state index contributed by atoms with van der Waals surface area (Å²) in [4.78, 5) is 11.9. The van der Waals surface area contributed by atoms with Gasteiger partial charge >= 0.3 is 0 Å². The Morgan fingerprint density at radius 1 is 1.04 bits per heavy atom. The third kappa shape index (κ3) is 7.43. The summed E-state index contributed by atoms with van der Waals surface area (Å²) in [5, 5.41) is 3.97. The fourth-order valence-corrected chi connectivity index (χ4v) is 2.60. The molecule has 0 aliphatic carbocycles. The number of rotatable bonds is 11. The fraction of sp³-hybridized carbons (Fsp3) is 0.391. The number of hydrogen-bond acceptors (Lipinski definition) is 4. The van der Waals surface area contributed by atoms with Crippen molar-refractivity contribution < 1.29 is 14.3 Å². The average Bonchev–Trinajstić information content (AvgIpc) is 2.70. The zero-order valence-corrected chi connectivity index (χ0v) is 17.0. The van der Waals surface area contributed by atoms with Crippen LogP contribution < -0.4 is 14.9 Å². The van der Waals surface area contributed by atoms with Crippen molar-refractivity contribution in [2.45, 2.75) is 46.5 Å². The lowest BCUT2D eigenvalue weighted by Crippen LogP contribution is -2.24. The fourth-order valence-electron chi connectivity index (χ4n) is 2.60. The molecular weight excluding hydrogens is 352 g/mol. The van der Waals surface area contributed by atoms with E-state index in [4.69, 9.17) is 9.47 Å². The lowest BCUT2D eigenvalue weighted by Gasteiger charge is -2.09. The Kier molecular flexibility index (Phi) is 9.05. The zero-order valence-electron chi connectivity index (χ0n) is 17.0. The van der Waals surface area contributed by atoms with Gasteiger partial charge in [-0.1, -0.05) is 38.3 Å². The van der Waals surface area contributed by atoms with Crippen LogP contribution in [0.3, 0.4) is 0 Å². The molecule has 2 aromatic carbocycles. The number of carbonyl (C=O) groups excluding carboxylic acids is 1. The molecule has 0 heterocycles. The van der Waals surface area contributed by atoms with Gasteiger partial charge in [-0.25, -0.2) is 5.43 Å². The van der Waals surface area contributed by atoms with E-state index in [2.05, 4.69) is 17.5 Å². The van der Waals surface area contributed by atoms with Crippen molar-refractivity contribution in [2.75, 3.05) is 13.2 Å². The number of ether oxygens (including phenoxy) is 2. The molecule has 0 radical (unpaired) electrons. The molecule has 2 rings (SSSR count). The number of benzene rings is 2. The van der Waals surface area contributed by atoms with Gasteiger partial charge in [-0.05, 0) is 67.3 Å². The van der Waals surface area contributed by atoms with E-state index in [1.807, 2.05) is 56.3 Å². The molecule has 28 heavy (non-hydrogen) atoms. The molecule has 0 bridgehead atoms. The number of nitrogens with one attached hydrogen (secondary N) is 1. The maximum Gasteiger partial charge on any atom is 0.277 e. The molecule has 5 nitrogen and oxygen atoms in total. The number of nitrogens with zero attached hydrogens (tertiary/aromatic N) is 1. The van der Waals surface area contributed by atoms with Gasteiger partial charge in [0.2, 0.25) is 0 Å². The van der Waals surface area contributed by atoms with Gasteiger partial charge in [0, 0.05) is 0 Å². The summed E-state index contributed by atoms with van der Waals surface area (Å²) in [5.74, 6) is 1.26. The number of carbonyl (C=O) groups is 1. The smallest absolute Gasteiger partial charge is 0.277 e. The van der Waals surface area contributed by atoms with Crippen LogP contribution in [0.15, 0.2) is 47.6 Å². The SMILES string of the molecule is CCCCCCOc1ccc(/C=N/NC(=O)COc2cccc(C)c2C)cc1. The Labute approximate surface area is 167 Å². The zero-order chi connectivity index (χ0) is 20.2. The minimum Gasteiger partial charge on any atom is -0.494 e. The van der Waals surface area contributed by atoms with Crippen LogP contribution >= 0.6 is 0 Å². The van der Waals surface area contributed by atoms with Crippen LogP contribution in [0, 0.1) is 13.8 Å². The summed E-state index contributed by atoms with van der Waals surface area (Å²) in [7, 11) is 0. The molecule has 0 aliphatic rings. The summed E-state index contributed by atoms with van der Waals surface area (Å²) >= 11 is 0. The quantitative estimate of drug-likeness (QED) is 0.345. The standard InChI is InChI=1S/C23H30N2O3/c1-4-5-6-7-15-27-21-13-11-20(12-14-21)16-24-25-23(26)17-28-22-10-8-9-18(2)19(22)3/h8-14,16H,4-7,15,17H2,1-3H3,(H,25,26)/b24-16+. The van der Waals surface area contributed by atoms with Crippen molar-refractivity contribution in [3.63, 3.8) is 0 Å². The van der Waals surface area contributed by atoms with Crippen LogP contribution in [0.2, 0.25) is 0 Å². The van der Waals surface area contributed by atoms with Crippen LogP contribution in [0.5, 0.6) is 11.5 Å². The number of aryl methyl sites for hydroxylation is 1. The molecule has 0 unspecified atom stereocenters. The predicted molar refractivity (Wildman–Crippen MR) is 113 cm³/mol. The molecule has 0 aliphatic heterocycles. The second-order valence-electron chi connectivity index (χ2n) is 6.76. The monoisotopic (exact) mass is 382 g/mol. The van der Waals surface area contributed by atoms with E-state index in [0.717, 1.165) is 35.5 Å². The molecule has 5 heteroatoms. The molecular formula is C23H30N2O3. The average molecular weight is 383 g/mol. The van der Waals surface area contributed by atoms with Gasteiger partial charge in [0.05, 0.1) is 12.8 Å². The largest absolute Gasteiger partial charge is 0.494 e. The van der Waals surface area contributed by atoms with Crippen LogP contribution in [0.25, 0.3) is 0 Å². The van der Waals surface area contributed by atoms with Gasteiger partial charge in [-0.3, -0.25) is 4.79 Å². The lowest BCUT2D eigenvalue weighted by molar-refractivity contribution is -0.123. The number of unbranched alkanes of at least 4 members (excludes halogenated alkanes) is 3. The van der Waals surface area contributed by atoms with Crippen molar-refractivity contribution in [3.8, 4) is 11.5 Å². The van der Waals surface area contributed by atoms with Gasteiger partial charge < -0.3 is 9.47 Å². The number of hydrogen-bond donors (Lipinski definition) is 1. The van der Waals surface area contributed by atoms with Gasteiger partial charge in [-0.2, -0.15) is 5.10 Å². The van der Waals surface area contributed by atoms with Crippen molar-refractivity contribution in [1.82, 2.24) is 5.43 Å². The molecule has 150 valence electrons. The van der Waals surface area contributed by atoms with E-state index >= 15 is 0 Å². The first-order valence-electron chi connectivity index (χ1n) is 9.84. The van der Waals surface area contributed by atoms with E-state index in [1.165, 1.54) is 19.3 Å². The Morgan fingerprint density at radius 2 is 1.82 bits per heavy atom. The second-order valence-corrected chi connectivity index (χ2v) is 6.76. The Morgan fingerprint density at radius 3 is 2.57 bits per heavy atom. The van der Waals surface area contributed by atoms with Crippen LogP contribution in [-0.4, -0.2) is 25.3 Å². The molecule has 0 atom stereocenters. The third-order valence-electron chi connectivity index (χ3n) is 4.46. The number of hydrazone groups is 1. The number of amides is 1. The highest BCUT2D eigenvalue weighted by Gasteiger charge is 2.05. The van der Waals surface area contributed by atoms with E-state index < -0.39 is 0 Å². The van der Waals surface area contributed by atoms with Crippen molar-refractivity contribution >= 4 is 12.1 Å². The third-order valence-corrected chi connectivity index (χ3v) is 4.46. The molecule has 1 N–H and O–H groups in total. The summed E-state index contributed by atoms with van der Waals surface area (Å²) in [6.45, 7) is 6.84. The van der Waals surface area contributed by atoms with Crippen LogP contribution in [0.4, 0.5) is 0 Å². The summed E-state index contributed by atoms with van der Waals surface area (Å²) in [5.41, 5.74) is 5.52. The minimum absolute atomic E-state index is 0.0769. The first-order chi connectivity index (χ1) is 13.6. The van der Waals surface area contributed by atoms with Gasteiger partial charge in [-0.15, -0.1) is 0 Å². The van der Waals surface area contributed by atoms with Crippen molar-refractivity contribution in [3.05, 3.63) is 59.2 Å². The topological polar surface area (TPSA) is 59.9 Å². The highest BCUT2D eigenvalue weighted by molar-refractivity contribution is 5.83. The summed E-state index contributed by atoms with van der Waals surface area (Å²) in [6, 6.07) is 13.4. The Balaban J connectivity index is 1.71. The molecule has 0 saturated carbocycles. The molecule has 0 fully saturated rings. The van der Waals surface area contributed by atoms with E-state index in [1.54, 1.807) is 6.21 Å². The lowest BCUT2D eigenvalue weighted by atomic mass is 10.1. The molecule has 0 saturated heterocycles. The predicted octanol–water partition coefficient (Wildman–Crippen LogP) is 4.79. The molecule has 1 amide bonds. The van der Waals surface area contributed by atoms with Crippen molar-refractivity contribution in [1.29, 1.82) is 0 Å². The highest BCUT2D eigenvalue weighted by Crippen LogP contribution is 2.20. The van der Waals surface area contributed by atoms with E-state index in [0.29, 0.717) is 5.75 Å². The Bertz CT molecular complexity index is 770. The Hall–Kier alpha value is -2.82. The van der Waals surface area contributed by atoms with Crippen LogP contribution in [-0.2, 0) is 4.79 Å². The molecule has 2 aromatic rings. The minimum atomic E-state index is -0.302. The summed E-state index contributed by atoms with van der Waals surface area (Å²) < 4.78 is 11.3. The normalized spacial score (nSPS) is 10.8. The van der Waals surface area contributed by atoms with Gasteiger partial charge in [0.25, 0.3) is 5.91 Å². The van der Waals surface area contributed by atoms with Gasteiger partial charge in [0.1, 0.15) is 11.5 Å². The van der Waals surface area contributed by atoms with Crippen LogP contribution in [0.1, 0.15) is 49.3 Å². The second kappa shape index (κ2) is 11.8. The van der Waals surface area contributed by atoms with E-state index in [9.17, 15) is 4.79 Å². The molecule has 0 aromatic heterocycles. The summed E-state index contributed by atoms with van der Waals surface area (Å²) in [6.07, 6.45) is 6.35. The van der Waals surface area contributed by atoms with Crippen molar-refractivity contribution in [2.24, 2.45) is 5.10 Å². The first kappa shape index (κ1) is 21.5. The van der Waals surface area contributed by atoms with Gasteiger partial charge in [0.15, 0.2) is 6.61 Å².